The third kappa shape index (κ3) is 4.62. The molecule has 31 heavy (non-hydrogen) atoms. The van der Waals surface area contributed by atoms with E-state index in [1.165, 1.54) is 25.4 Å². The van der Waals surface area contributed by atoms with E-state index in [0.29, 0.717) is 16.6 Å². The van der Waals surface area contributed by atoms with E-state index in [1.54, 1.807) is 23.0 Å². The van der Waals surface area contributed by atoms with Gasteiger partial charge in [-0.1, -0.05) is 30.3 Å². The van der Waals surface area contributed by atoms with E-state index in [0.717, 1.165) is 16.9 Å². The highest BCUT2D eigenvalue weighted by molar-refractivity contribution is 7.14. The van der Waals surface area contributed by atoms with Crippen LogP contribution in [0, 0.1) is 0 Å². The SMILES string of the molecule is COc1cn(-c2ccccc2)nc1C(=O)Nc1nc(-c2ccc(NC(C)=O)cc2)cs1. The van der Waals surface area contributed by atoms with Gasteiger partial charge in [0, 0.05) is 23.6 Å². The van der Waals surface area contributed by atoms with Gasteiger partial charge in [0.1, 0.15) is 0 Å². The number of amides is 2. The molecule has 0 saturated carbocycles. The molecule has 0 bridgehead atoms. The predicted octanol–water partition coefficient (Wildman–Crippen LogP) is 4.22. The first-order valence-electron chi connectivity index (χ1n) is 9.37. The van der Waals surface area contributed by atoms with Crippen molar-refractivity contribution in [1.29, 1.82) is 0 Å². The number of para-hydroxylation sites is 1. The molecule has 0 radical (unpaired) electrons. The second-order valence-electron chi connectivity index (χ2n) is 6.58. The van der Waals surface area contributed by atoms with Crippen LogP contribution in [0.4, 0.5) is 10.8 Å². The summed E-state index contributed by atoms with van der Waals surface area (Å²) in [5.41, 5.74) is 3.29. The Bertz CT molecular complexity index is 1220. The first-order valence-corrected chi connectivity index (χ1v) is 10.3. The highest BCUT2D eigenvalue weighted by Gasteiger charge is 2.20. The summed E-state index contributed by atoms with van der Waals surface area (Å²) in [5, 5.41) is 12.2. The summed E-state index contributed by atoms with van der Waals surface area (Å²) in [4.78, 5) is 28.4. The Kier molecular flexibility index (Phi) is 5.76. The fourth-order valence-corrected chi connectivity index (χ4v) is 3.64. The van der Waals surface area contributed by atoms with E-state index in [1.807, 2.05) is 47.8 Å². The van der Waals surface area contributed by atoms with E-state index >= 15 is 0 Å². The number of thiazole rings is 1. The zero-order chi connectivity index (χ0) is 21.8. The van der Waals surface area contributed by atoms with Gasteiger partial charge in [-0.25, -0.2) is 9.67 Å². The summed E-state index contributed by atoms with van der Waals surface area (Å²) in [7, 11) is 1.50. The number of hydrogen-bond donors (Lipinski definition) is 2. The molecule has 0 aliphatic rings. The van der Waals surface area contributed by atoms with Crippen molar-refractivity contribution in [3.63, 3.8) is 0 Å². The van der Waals surface area contributed by atoms with Crippen LogP contribution >= 0.6 is 11.3 Å². The smallest absolute Gasteiger partial charge is 0.281 e. The van der Waals surface area contributed by atoms with Crippen LogP contribution in [0.25, 0.3) is 16.9 Å². The Hall–Kier alpha value is -3.98. The molecule has 4 rings (SSSR count). The molecule has 8 nitrogen and oxygen atoms in total. The highest BCUT2D eigenvalue weighted by Crippen LogP contribution is 2.27. The standard InChI is InChI=1S/C22H19N5O3S/c1-14(28)23-16-10-8-15(9-11-16)18-13-31-22(24-18)25-21(29)20-19(30-2)12-27(26-20)17-6-4-3-5-7-17/h3-13H,1-2H3,(H,23,28)(H,24,25,29). The van der Waals surface area contributed by atoms with Gasteiger partial charge in [-0.05, 0) is 24.3 Å². The van der Waals surface area contributed by atoms with Gasteiger partial charge in [0.05, 0.1) is 24.7 Å². The monoisotopic (exact) mass is 433 g/mol. The van der Waals surface area contributed by atoms with Gasteiger partial charge in [0.25, 0.3) is 5.91 Å². The molecule has 0 fully saturated rings. The van der Waals surface area contributed by atoms with Crippen LogP contribution in [-0.4, -0.2) is 33.7 Å². The van der Waals surface area contributed by atoms with Crippen LogP contribution in [0.2, 0.25) is 0 Å². The lowest BCUT2D eigenvalue weighted by Gasteiger charge is -2.03. The van der Waals surface area contributed by atoms with Crippen LogP contribution in [0.1, 0.15) is 17.4 Å². The molecule has 2 heterocycles. The van der Waals surface area contributed by atoms with Crippen molar-refractivity contribution in [3.05, 3.63) is 71.9 Å². The minimum atomic E-state index is -0.409. The van der Waals surface area contributed by atoms with Crippen LogP contribution in [0.3, 0.4) is 0 Å². The Morgan fingerprint density at radius 3 is 2.45 bits per heavy atom. The molecule has 2 N–H and O–H groups in total. The zero-order valence-corrected chi connectivity index (χ0v) is 17.6. The molecule has 0 aliphatic carbocycles. The second kappa shape index (κ2) is 8.80. The van der Waals surface area contributed by atoms with E-state index < -0.39 is 5.91 Å². The number of ether oxygens (including phenoxy) is 1. The van der Waals surface area contributed by atoms with Crippen molar-refractivity contribution in [3.8, 4) is 22.7 Å². The maximum absolute atomic E-state index is 12.8. The molecule has 0 aliphatic heterocycles. The molecule has 0 atom stereocenters. The number of aromatic nitrogens is 3. The minimum Gasteiger partial charge on any atom is -0.493 e. The molecule has 0 spiro atoms. The van der Waals surface area contributed by atoms with Crippen molar-refractivity contribution < 1.29 is 14.3 Å². The van der Waals surface area contributed by atoms with Crippen molar-refractivity contribution in [2.75, 3.05) is 17.7 Å². The molecule has 0 unspecified atom stereocenters. The van der Waals surface area contributed by atoms with E-state index in [-0.39, 0.29) is 11.6 Å². The summed E-state index contributed by atoms with van der Waals surface area (Å²) in [6, 6.07) is 16.8. The minimum absolute atomic E-state index is 0.128. The molecule has 2 aromatic carbocycles. The van der Waals surface area contributed by atoms with Gasteiger partial charge in [-0.3, -0.25) is 14.9 Å². The quantitative estimate of drug-likeness (QED) is 0.475. The molecule has 0 saturated heterocycles. The van der Waals surface area contributed by atoms with Crippen LogP contribution in [0.15, 0.2) is 66.2 Å². The summed E-state index contributed by atoms with van der Waals surface area (Å²) in [5.74, 6) is -0.170. The third-order valence-corrected chi connectivity index (χ3v) is 5.12. The first-order chi connectivity index (χ1) is 15.0. The second-order valence-corrected chi connectivity index (χ2v) is 7.43. The summed E-state index contributed by atoms with van der Waals surface area (Å²) >= 11 is 1.31. The molecule has 4 aromatic rings. The Balaban J connectivity index is 1.50. The maximum atomic E-state index is 12.8. The average Bonchev–Trinajstić information content (AvgIpc) is 3.42. The number of carbonyl (C=O) groups excluding carboxylic acids is 2. The summed E-state index contributed by atoms with van der Waals surface area (Å²) < 4.78 is 6.92. The van der Waals surface area contributed by atoms with Gasteiger partial charge < -0.3 is 10.1 Å². The molecule has 9 heteroatoms. The van der Waals surface area contributed by atoms with E-state index in [4.69, 9.17) is 4.74 Å². The number of benzene rings is 2. The molecular weight excluding hydrogens is 414 g/mol. The zero-order valence-electron chi connectivity index (χ0n) is 16.8. The third-order valence-electron chi connectivity index (χ3n) is 4.36. The van der Waals surface area contributed by atoms with E-state index in [9.17, 15) is 9.59 Å². The van der Waals surface area contributed by atoms with Crippen LogP contribution in [0.5, 0.6) is 5.75 Å². The first kappa shape index (κ1) is 20.3. The molecule has 156 valence electrons. The Labute approximate surface area is 182 Å². The topological polar surface area (TPSA) is 98.1 Å². The number of methoxy groups -OCH3 is 1. The number of nitrogens with one attached hydrogen (secondary N) is 2. The van der Waals surface area contributed by atoms with Crippen molar-refractivity contribution in [1.82, 2.24) is 14.8 Å². The average molecular weight is 433 g/mol. The Morgan fingerprint density at radius 1 is 1.03 bits per heavy atom. The maximum Gasteiger partial charge on any atom is 0.281 e. The predicted molar refractivity (Wildman–Crippen MR) is 120 cm³/mol. The fraction of sp³-hybridized carbons (Fsp3) is 0.0909. The van der Waals surface area contributed by atoms with Crippen LogP contribution in [-0.2, 0) is 4.79 Å². The molecule has 2 aromatic heterocycles. The van der Waals surface area contributed by atoms with Crippen molar-refractivity contribution >= 4 is 34.0 Å². The van der Waals surface area contributed by atoms with E-state index in [2.05, 4.69) is 20.7 Å². The number of anilines is 2. The lowest BCUT2D eigenvalue weighted by molar-refractivity contribution is -0.114. The highest BCUT2D eigenvalue weighted by atomic mass is 32.1. The lowest BCUT2D eigenvalue weighted by Crippen LogP contribution is -2.14. The van der Waals surface area contributed by atoms with Gasteiger partial charge in [0.15, 0.2) is 16.6 Å². The summed E-state index contributed by atoms with van der Waals surface area (Å²) in [6.07, 6.45) is 1.66. The van der Waals surface area contributed by atoms with Gasteiger partial charge >= 0.3 is 0 Å². The number of carbonyl (C=O) groups is 2. The Morgan fingerprint density at radius 2 is 1.77 bits per heavy atom. The number of nitrogens with zero attached hydrogens (tertiary/aromatic N) is 3. The lowest BCUT2D eigenvalue weighted by atomic mass is 10.1. The fourth-order valence-electron chi connectivity index (χ4n) is 2.93. The molecule has 2 amide bonds. The number of rotatable bonds is 6. The molecular formula is C22H19N5O3S. The number of hydrogen-bond acceptors (Lipinski definition) is 6. The largest absolute Gasteiger partial charge is 0.493 e. The van der Waals surface area contributed by atoms with Gasteiger partial charge in [-0.2, -0.15) is 5.10 Å². The van der Waals surface area contributed by atoms with Gasteiger partial charge in [-0.15, -0.1) is 11.3 Å². The van der Waals surface area contributed by atoms with Crippen molar-refractivity contribution in [2.24, 2.45) is 0 Å². The van der Waals surface area contributed by atoms with Gasteiger partial charge in [0.2, 0.25) is 5.91 Å². The van der Waals surface area contributed by atoms with Crippen molar-refractivity contribution in [2.45, 2.75) is 6.92 Å². The van der Waals surface area contributed by atoms with Crippen LogP contribution < -0.4 is 15.4 Å². The summed E-state index contributed by atoms with van der Waals surface area (Å²) in [6.45, 7) is 1.46. The normalized spacial score (nSPS) is 10.5.